The highest BCUT2D eigenvalue weighted by molar-refractivity contribution is 6.36. The van der Waals surface area contributed by atoms with E-state index in [0.29, 0.717) is 5.82 Å². The smallest absolute Gasteiger partial charge is 0.160 e. The number of nitrogens with zero attached hydrogens (tertiary/aromatic N) is 3. The number of fused-ring (bicyclic) bond motifs is 11. The first kappa shape index (κ1) is 29.6. The molecule has 0 spiro atoms. The van der Waals surface area contributed by atoms with Gasteiger partial charge >= 0.3 is 0 Å². The lowest BCUT2D eigenvalue weighted by atomic mass is 9.93. The molecular weight excluding hydrogens is 643 g/mol. The summed E-state index contributed by atoms with van der Waals surface area (Å²) >= 11 is 0. The molecule has 11 rings (SSSR count). The molecule has 3 heteroatoms. The Morgan fingerprint density at radius 2 is 0.981 bits per heavy atom. The van der Waals surface area contributed by atoms with Crippen LogP contribution in [0.3, 0.4) is 0 Å². The van der Waals surface area contributed by atoms with Crippen molar-refractivity contribution >= 4 is 64.9 Å². The standard InChI is InChI=1S/C50H31N3/c1-2-15-34(16-3-1)44-31-45(40-23-12-17-32-13-4-6-18-37(32)40)52-50(51-44)35-25-28-36(29-26-35)53-46-24-11-10-22-43(46)48-47-38-19-7-5-14-33(38)27-30-41(47)39-20-8-9-21-42(39)49(48)53/h1-31H. The van der Waals surface area contributed by atoms with Crippen LogP contribution in [-0.2, 0) is 0 Å². The average molecular weight is 674 g/mol. The number of benzene rings is 9. The summed E-state index contributed by atoms with van der Waals surface area (Å²) in [6.45, 7) is 0. The molecule has 0 saturated carbocycles. The molecule has 3 nitrogen and oxygen atoms in total. The van der Waals surface area contributed by atoms with Gasteiger partial charge in [0, 0.05) is 43.9 Å². The van der Waals surface area contributed by atoms with Gasteiger partial charge in [0.05, 0.1) is 22.4 Å². The van der Waals surface area contributed by atoms with E-state index in [-0.39, 0.29) is 0 Å². The summed E-state index contributed by atoms with van der Waals surface area (Å²) in [5, 5.41) is 12.5. The number of para-hydroxylation sites is 1. The molecule has 0 N–H and O–H groups in total. The Hall–Kier alpha value is -7.10. The van der Waals surface area contributed by atoms with Crippen LogP contribution < -0.4 is 0 Å². The third-order valence-electron chi connectivity index (χ3n) is 10.8. The number of hydrogen-bond acceptors (Lipinski definition) is 2. The Bertz CT molecular complexity index is 3210. The quantitative estimate of drug-likeness (QED) is 0.174. The molecule has 0 aliphatic heterocycles. The van der Waals surface area contributed by atoms with Gasteiger partial charge in [-0.05, 0) is 68.7 Å². The lowest BCUT2D eigenvalue weighted by Crippen LogP contribution is -1.98. The predicted octanol–water partition coefficient (Wildman–Crippen LogP) is 13.2. The molecular formula is C50H31N3. The Balaban J connectivity index is 1.15. The van der Waals surface area contributed by atoms with Crippen LogP contribution in [0.2, 0.25) is 0 Å². The Morgan fingerprint density at radius 1 is 0.358 bits per heavy atom. The first-order valence-corrected chi connectivity index (χ1v) is 18.1. The minimum Gasteiger partial charge on any atom is -0.309 e. The Labute approximate surface area is 306 Å². The summed E-state index contributed by atoms with van der Waals surface area (Å²) in [5.41, 5.74) is 8.43. The molecule has 0 unspecified atom stereocenters. The van der Waals surface area contributed by atoms with Crippen LogP contribution in [0.25, 0.3) is 104 Å². The zero-order chi connectivity index (χ0) is 34.9. The molecule has 9 aromatic carbocycles. The van der Waals surface area contributed by atoms with Crippen LogP contribution in [0.5, 0.6) is 0 Å². The van der Waals surface area contributed by atoms with E-state index in [1.807, 2.05) is 6.07 Å². The maximum absolute atomic E-state index is 5.23. The summed E-state index contributed by atoms with van der Waals surface area (Å²) in [6.07, 6.45) is 0. The van der Waals surface area contributed by atoms with E-state index >= 15 is 0 Å². The van der Waals surface area contributed by atoms with Crippen LogP contribution in [0.4, 0.5) is 0 Å². The van der Waals surface area contributed by atoms with E-state index in [2.05, 4.69) is 187 Å². The lowest BCUT2D eigenvalue weighted by molar-refractivity contribution is 1.17. The summed E-state index contributed by atoms with van der Waals surface area (Å²) in [6, 6.07) is 67.2. The molecule has 0 aliphatic carbocycles. The van der Waals surface area contributed by atoms with Gasteiger partial charge in [0.1, 0.15) is 0 Å². The highest BCUT2D eigenvalue weighted by Crippen LogP contribution is 2.45. The zero-order valence-corrected chi connectivity index (χ0v) is 28.7. The maximum atomic E-state index is 5.23. The normalized spacial score (nSPS) is 11.8. The molecule has 0 bridgehead atoms. The molecule has 11 aromatic rings. The highest BCUT2D eigenvalue weighted by Gasteiger charge is 2.20. The predicted molar refractivity (Wildman–Crippen MR) is 223 cm³/mol. The van der Waals surface area contributed by atoms with Gasteiger partial charge in [-0.2, -0.15) is 0 Å². The van der Waals surface area contributed by atoms with Gasteiger partial charge in [-0.3, -0.25) is 0 Å². The number of rotatable bonds is 4. The van der Waals surface area contributed by atoms with Crippen molar-refractivity contribution < 1.29 is 0 Å². The minimum absolute atomic E-state index is 0.700. The van der Waals surface area contributed by atoms with Crippen LogP contribution in [0, 0.1) is 0 Å². The van der Waals surface area contributed by atoms with Crippen molar-refractivity contribution in [2.45, 2.75) is 0 Å². The van der Waals surface area contributed by atoms with Crippen LogP contribution >= 0.6 is 0 Å². The molecule has 0 amide bonds. The van der Waals surface area contributed by atoms with Crippen molar-refractivity contribution in [1.82, 2.24) is 14.5 Å². The molecule has 53 heavy (non-hydrogen) atoms. The van der Waals surface area contributed by atoms with Crippen LogP contribution in [-0.4, -0.2) is 14.5 Å². The fraction of sp³-hybridized carbons (Fsp3) is 0. The average Bonchev–Trinajstić information content (AvgIpc) is 3.59. The van der Waals surface area contributed by atoms with Gasteiger partial charge in [-0.1, -0.05) is 152 Å². The van der Waals surface area contributed by atoms with Crippen molar-refractivity contribution in [3.63, 3.8) is 0 Å². The topological polar surface area (TPSA) is 30.7 Å². The fourth-order valence-electron chi connectivity index (χ4n) is 8.39. The van der Waals surface area contributed by atoms with Gasteiger partial charge in [0.15, 0.2) is 5.82 Å². The van der Waals surface area contributed by atoms with Crippen molar-refractivity contribution in [2.24, 2.45) is 0 Å². The van der Waals surface area contributed by atoms with Gasteiger partial charge in [0.25, 0.3) is 0 Å². The fourth-order valence-corrected chi connectivity index (χ4v) is 8.39. The van der Waals surface area contributed by atoms with Gasteiger partial charge in [0.2, 0.25) is 0 Å². The molecule has 246 valence electrons. The van der Waals surface area contributed by atoms with Crippen molar-refractivity contribution in [2.75, 3.05) is 0 Å². The summed E-state index contributed by atoms with van der Waals surface area (Å²) in [4.78, 5) is 10.4. The summed E-state index contributed by atoms with van der Waals surface area (Å²) in [7, 11) is 0. The van der Waals surface area contributed by atoms with Crippen molar-refractivity contribution in [1.29, 1.82) is 0 Å². The monoisotopic (exact) mass is 673 g/mol. The first-order chi connectivity index (χ1) is 26.3. The third-order valence-corrected chi connectivity index (χ3v) is 10.8. The van der Waals surface area contributed by atoms with E-state index in [4.69, 9.17) is 9.97 Å². The number of aromatic nitrogens is 3. The molecule has 0 fully saturated rings. The minimum atomic E-state index is 0.700. The SMILES string of the molecule is c1ccc(-c2cc(-c3cccc4ccccc34)nc(-c3ccc(-n4c5ccccc5c5c6c7ccccc7ccc6c6ccccc6c54)cc3)n2)cc1. The second kappa shape index (κ2) is 11.7. The second-order valence-electron chi connectivity index (χ2n) is 13.7. The largest absolute Gasteiger partial charge is 0.309 e. The van der Waals surface area contributed by atoms with Gasteiger partial charge in [-0.15, -0.1) is 0 Å². The Morgan fingerprint density at radius 3 is 1.79 bits per heavy atom. The molecule has 2 heterocycles. The molecule has 0 radical (unpaired) electrons. The van der Waals surface area contributed by atoms with E-state index in [1.54, 1.807) is 0 Å². The van der Waals surface area contributed by atoms with E-state index < -0.39 is 0 Å². The van der Waals surface area contributed by atoms with Crippen LogP contribution in [0.15, 0.2) is 188 Å². The van der Waals surface area contributed by atoms with Gasteiger partial charge < -0.3 is 4.57 Å². The summed E-state index contributed by atoms with van der Waals surface area (Å²) < 4.78 is 2.45. The third kappa shape index (κ3) is 4.61. The molecule has 0 aliphatic rings. The van der Waals surface area contributed by atoms with E-state index in [9.17, 15) is 0 Å². The second-order valence-corrected chi connectivity index (χ2v) is 13.7. The van der Waals surface area contributed by atoms with Crippen LogP contribution in [0.1, 0.15) is 0 Å². The summed E-state index contributed by atoms with van der Waals surface area (Å²) in [5.74, 6) is 0.700. The highest BCUT2D eigenvalue weighted by atomic mass is 15.0. The lowest BCUT2D eigenvalue weighted by Gasteiger charge is -2.14. The van der Waals surface area contributed by atoms with Gasteiger partial charge in [-0.25, -0.2) is 9.97 Å². The van der Waals surface area contributed by atoms with Crippen molar-refractivity contribution in [3.8, 4) is 39.6 Å². The first-order valence-electron chi connectivity index (χ1n) is 18.1. The Kier molecular flexibility index (Phi) is 6.55. The molecule has 0 atom stereocenters. The van der Waals surface area contributed by atoms with Crippen molar-refractivity contribution in [3.05, 3.63) is 188 Å². The van der Waals surface area contributed by atoms with E-state index in [1.165, 1.54) is 64.9 Å². The molecule has 2 aromatic heterocycles. The number of hydrogen-bond donors (Lipinski definition) is 0. The van der Waals surface area contributed by atoms with E-state index in [0.717, 1.165) is 33.8 Å². The molecule has 0 saturated heterocycles. The maximum Gasteiger partial charge on any atom is 0.160 e. The zero-order valence-electron chi connectivity index (χ0n) is 28.7.